The van der Waals surface area contributed by atoms with E-state index in [9.17, 15) is 4.79 Å². The number of aryl methyl sites for hydroxylation is 1. The zero-order valence-corrected chi connectivity index (χ0v) is 14.2. The van der Waals surface area contributed by atoms with Gasteiger partial charge < -0.3 is 10.6 Å². The van der Waals surface area contributed by atoms with Gasteiger partial charge in [-0.25, -0.2) is 0 Å². The summed E-state index contributed by atoms with van der Waals surface area (Å²) in [5.41, 5.74) is 8.07. The molecule has 3 rings (SSSR count). The molecule has 1 aromatic heterocycles. The first kappa shape index (κ1) is 14.7. The van der Waals surface area contributed by atoms with Gasteiger partial charge in [-0.15, -0.1) is 11.3 Å². The van der Waals surface area contributed by atoms with Crippen LogP contribution in [0.25, 0.3) is 10.1 Å². The number of nitrogen functional groups attached to an aromatic ring is 1. The van der Waals surface area contributed by atoms with E-state index in [-0.39, 0.29) is 11.9 Å². The molecule has 2 atom stereocenters. The number of carbonyl (C=O) groups is 1. The Morgan fingerprint density at radius 3 is 2.90 bits per heavy atom. The fraction of sp³-hybridized carbons (Fsp3) is 0.438. The maximum absolute atomic E-state index is 12.9. The molecule has 2 heterocycles. The Morgan fingerprint density at radius 1 is 1.38 bits per heavy atom. The molecule has 21 heavy (non-hydrogen) atoms. The first-order valence-electron chi connectivity index (χ1n) is 7.20. The van der Waals surface area contributed by atoms with Crippen molar-refractivity contribution in [1.29, 1.82) is 0 Å². The van der Waals surface area contributed by atoms with Crippen molar-refractivity contribution in [2.45, 2.75) is 32.1 Å². The molecule has 1 aliphatic heterocycles. The molecule has 2 aromatic rings. The summed E-state index contributed by atoms with van der Waals surface area (Å²) in [6.45, 7) is 7.18. The van der Waals surface area contributed by atoms with Gasteiger partial charge in [0, 0.05) is 33.7 Å². The molecule has 0 bridgehead atoms. The quantitative estimate of drug-likeness (QED) is 0.870. The van der Waals surface area contributed by atoms with Gasteiger partial charge in [-0.3, -0.25) is 4.79 Å². The van der Waals surface area contributed by atoms with E-state index in [4.69, 9.17) is 5.73 Å². The standard InChI is InChI=1S/C16H20N2OS2/c1-9-4-5-12-13(8-9)21-15(14(12)17)16(19)18-6-7-20-11(3)10(18)2/h4-5,8,10-11H,6-7,17H2,1-3H3. The summed E-state index contributed by atoms with van der Waals surface area (Å²) < 4.78 is 1.10. The van der Waals surface area contributed by atoms with Crippen LogP contribution in [0.1, 0.15) is 29.1 Å². The maximum atomic E-state index is 12.9. The second-order valence-corrected chi connectivity index (χ2v) is 8.20. The van der Waals surface area contributed by atoms with Gasteiger partial charge in [-0.05, 0) is 25.5 Å². The fourth-order valence-corrected chi connectivity index (χ4v) is 5.01. The van der Waals surface area contributed by atoms with E-state index in [0.29, 0.717) is 15.8 Å². The van der Waals surface area contributed by atoms with E-state index in [1.54, 1.807) is 0 Å². The van der Waals surface area contributed by atoms with Crippen LogP contribution in [0.15, 0.2) is 18.2 Å². The summed E-state index contributed by atoms with van der Waals surface area (Å²) in [4.78, 5) is 15.6. The molecule has 0 saturated carbocycles. The van der Waals surface area contributed by atoms with Crippen molar-refractivity contribution < 1.29 is 4.79 Å². The monoisotopic (exact) mass is 320 g/mol. The number of rotatable bonds is 1. The average molecular weight is 320 g/mol. The van der Waals surface area contributed by atoms with Gasteiger partial charge in [-0.2, -0.15) is 11.8 Å². The second kappa shape index (κ2) is 5.54. The highest BCUT2D eigenvalue weighted by molar-refractivity contribution is 8.00. The lowest BCUT2D eigenvalue weighted by atomic mass is 10.1. The lowest BCUT2D eigenvalue weighted by Gasteiger charge is -2.37. The van der Waals surface area contributed by atoms with Gasteiger partial charge in [0.2, 0.25) is 0 Å². The lowest BCUT2D eigenvalue weighted by molar-refractivity contribution is 0.0704. The molecule has 1 saturated heterocycles. The molecule has 0 aliphatic carbocycles. The smallest absolute Gasteiger partial charge is 0.266 e. The zero-order valence-electron chi connectivity index (χ0n) is 12.6. The number of anilines is 1. The lowest BCUT2D eigenvalue weighted by Crippen LogP contribution is -2.47. The Labute approximate surface area is 133 Å². The number of hydrogen-bond donors (Lipinski definition) is 1. The SMILES string of the molecule is Cc1ccc2c(N)c(C(=O)N3CCSC(C)C3C)sc2c1. The minimum atomic E-state index is 0.0889. The minimum absolute atomic E-state index is 0.0889. The van der Waals surface area contributed by atoms with Crippen LogP contribution in [0.4, 0.5) is 5.69 Å². The molecule has 0 radical (unpaired) electrons. The number of nitrogens with zero attached hydrogens (tertiary/aromatic N) is 1. The fourth-order valence-electron chi connectivity index (χ4n) is 2.73. The Bertz CT molecular complexity index is 695. The summed E-state index contributed by atoms with van der Waals surface area (Å²) in [5.74, 6) is 1.09. The average Bonchev–Trinajstić information content (AvgIpc) is 2.78. The van der Waals surface area contributed by atoms with E-state index >= 15 is 0 Å². The molecule has 2 unspecified atom stereocenters. The van der Waals surface area contributed by atoms with Crippen molar-refractivity contribution in [2.24, 2.45) is 0 Å². The molecule has 3 nitrogen and oxygen atoms in total. The normalized spacial score (nSPS) is 22.7. The topological polar surface area (TPSA) is 46.3 Å². The van der Waals surface area contributed by atoms with Gasteiger partial charge in [0.05, 0.1) is 5.69 Å². The van der Waals surface area contributed by atoms with Crippen molar-refractivity contribution in [1.82, 2.24) is 4.90 Å². The number of hydrogen-bond acceptors (Lipinski definition) is 4. The number of thioether (sulfide) groups is 1. The van der Waals surface area contributed by atoms with Crippen molar-refractivity contribution in [3.8, 4) is 0 Å². The number of carbonyl (C=O) groups excluding carboxylic acids is 1. The number of amides is 1. The Balaban J connectivity index is 1.99. The molecule has 1 amide bonds. The first-order chi connectivity index (χ1) is 9.99. The van der Waals surface area contributed by atoms with Gasteiger partial charge >= 0.3 is 0 Å². The minimum Gasteiger partial charge on any atom is -0.397 e. The highest BCUT2D eigenvalue weighted by atomic mass is 32.2. The Morgan fingerprint density at radius 2 is 2.14 bits per heavy atom. The van der Waals surface area contributed by atoms with E-state index < -0.39 is 0 Å². The van der Waals surface area contributed by atoms with Crippen LogP contribution in [0, 0.1) is 6.92 Å². The zero-order chi connectivity index (χ0) is 15.1. The van der Waals surface area contributed by atoms with E-state index in [2.05, 4.69) is 26.8 Å². The molecular weight excluding hydrogens is 300 g/mol. The van der Waals surface area contributed by atoms with E-state index in [1.807, 2.05) is 28.8 Å². The molecule has 1 aliphatic rings. The number of fused-ring (bicyclic) bond motifs is 1. The van der Waals surface area contributed by atoms with Crippen molar-refractivity contribution in [3.05, 3.63) is 28.6 Å². The summed E-state index contributed by atoms with van der Waals surface area (Å²) in [6, 6.07) is 6.42. The first-order valence-corrected chi connectivity index (χ1v) is 9.06. The third kappa shape index (κ3) is 2.53. The van der Waals surface area contributed by atoms with Crippen LogP contribution in [0.3, 0.4) is 0 Å². The van der Waals surface area contributed by atoms with E-state index in [0.717, 1.165) is 22.4 Å². The van der Waals surface area contributed by atoms with Gasteiger partial charge in [0.1, 0.15) is 4.88 Å². The van der Waals surface area contributed by atoms with Gasteiger partial charge in [-0.1, -0.05) is 19.1 Å². The van der Waals surface area contributed by atoms with Crippen LogP contribution in [-0.4, -0.2) is 34.4 Å². The molecule has 1 aromatic carbocycles. The summed E-state index contributed by atoms with van der Waals surface area (Å²) in [6.07, 6.45) is 0. The second-order valence-electron chi connectivity index (χ2n) is 5.66. The van der Waals surface area contributed by atoms with Gasteiger partial charge in [0.25, 0.3) is 5.91 Å². The third-order valence-electron chi connectivity index (χ3n) is 4.22. The van der Waals surface area contributed by atoms with Crippen LogP contribution in [0.2, 0.25) is 0 Å². The third-order valence-corrected chi connectivity index (χ3v) is 6.72. The van der Waals surface area contributed by atoms with Crippen molar-refractivity contribution in [3.63, 3.8) is 0 Å². The summed E-state index contributed by atoms with van der Waals surface area (Å²) in [5, 5.41) is 1.47. The molecular formula is C16H20N2OS2. The summed E-state index contributed by atoms with van der Waals surface area (Å²) in [7, 11) is 0. The molecule has 1 fully saturated rings. The van der Waals surface area contributed by atoms with Crippen molar-refractivity contribution in [2.75, 3.05) is 18.0 Å². The van der Waals surface area contributed by atoms with Crippen molar-refractivity contribution >= 4 is 44.8 Å². The van der Waals surface area contributed by atoms with Crippen LogP contribution in [-0.2, 0) is 0 Å². The number of nitrogens with two attached hydrogens (primary N) is 1. The molecule has 0 spiro atoms. The predicted octanol–water partition coefficient (Wildman–Crippen LogP) is 3.76. The van der Waals surface area contributed by atoms with Crippen LogP contribution >= 0.6 is 23.1 Å². The molecule has 5 heteroatoms. The predicted molar refractivity (Wildman–Crippen MR) is 93.4 cm³/mol. The van der Waals surface area contributed by atoms with Gasteiger partial charge in [0.15, 0.2) is 0 Å². The van der Waals surface area contributed by atoms with Crippen LogP contribution < -0.4 is 5.73 Å². The Hall–Kier alpha value is -1.20. The maximum Gasteiger partial charge on any atom is 0.266 e. The number of thiophene rings is 1. The van der Waals surface area contributed by atoms with Crippen LogP contribution in [0.5, 0.6) is 0 Å². The highest BCUT2D eigenvalue weighted by Gasteiger charge is 2.31. The molecule has 112 valence electrons. The summed E-state index contributed by atoms with van der Waals surface area (Å²) >= 11 is 3.45. The largest absolute Gasteiger partial charge is 0.397 e. The number of benzene rings is 1. The Kier molecular flexibility index (Phi) is 3.88. The molecule has 2 N–H and O–H groups in total. The van der Waals surface area contributed by atoms with E-state index in [1.165, 1.54) is 16.9 Å². The highest BCUT2D eigenvalue weighted by Crippen LogP contribution is 2.36.